The maximum Gasteiger partial charge on any atom is 0.227 e. The normalized spacial score (nSPS) is 12.0. The Hall–Kier alpha value is -2.34. The molecule has 0 aliphatic carbocycles. The fourth-order valence-corrected chi connectivity index (χ4v) is 2.58. The van der Waals surface area contributed by atoms with E-state index in [-0.39, 0.29) is 25.0 Å². The molecular formula is C18H25N3O3. The lowest BCUT2D eigenvalue weighted by Gasteiger charge is -2.13. The van der Waals surface area contributed by atoms with E-state index < -0.39 is 0 Å². The lowest BCUT2D eigenvalue weighted by molar-refractivity contribution is -0.119. The molecule has 2 N–H and O–H groups in total. The van der Waals surface area contributed by atoms with Crippen molar-refractivity contribution in [2.24, 2.45) is 13.0 Å². The van der Waals surface area contributed by atoms with E-state index in [9.17, 15) is 4.79 Å². The molecule has 130 valence electrons. The minimum Gasteiger partial charge on any atom is -0.491 e. The number of carbonyl (C=O) groups excluding carboxylic acids is 1. The molecule has 1 aromatic heterocycles. The summed E-state index contributed by atoms with van der Waals surface area (Å²) in [7, 11) is 1.91. The number of hydrogen-bond acceptors (Lipinski definition) is 4. The van der Waals surface area contributed by atoms with Crippen LogP contribution in [-0.2, 0) is 18.3 Å². The van der Waals surface area contributed by atoms with E-state index >= 15 is 0 Å². The van der Waals surface area contributed by atoms with Gasteiger partial charge in [0, 0.05) is 24.3 Å². The van der Waals surface area contributed by atoms with Crippen LogP contribution in [0.25, 0.3) is 0 Å². The van der Waals surface area contributed by atoms with E-state index in [1.807, 2.05) is 32.5 Å². The van der Waals surface area contributed by atoms with E-state index in [4.69, 9.17) is 9.84 Å². The first-order valence-electron chi connectivity index (χ1n) is 8.06. The zero-order valence-electron chi connectivity index (χ0n) is 14.7. The summed E-state index contributed by atoms with van der Waals surface area (Å²) in [6.07, 6.45) is 0.662. The van der Waals surface area contributed by atoms with Crippen molar-refractivity contribution in [2.45, 2.75) is 27.2 Å². The van der Waals surface area contributed by atoms with E-state index in [1.54, 1.807) is 24.3 Å². The third-order valence-corrected chi connectivity index (χ3v) is 4.10. The van der Waals surface area contributed by atoms with Gasteiger partial charge in [-0.3, -0.25) is 9.48 Å². The molecule has 0 fully saturated rings. The van der Waals surface area contributed by atoms with Crippen molar-refractivity contribution in [1.29, 1.82) is 0 Å². The van der Waals surface area contributed by atoms with Crippen molar-refractivity contribution >= 4 is 11.6 Å². The molecule has 0 bridgehead atoms. The molecule has 0 radical (unpaired) electrons. The van der Waals surface area contributed by atoms with E-state index in [0.29, 0.717) is 12.2 Å². The van der Waals surface area contributed by atoms with Crippen molar-refractivity contribution < 1.29 is 14.6 Å². The first kappa shape index (κ1) is 18.0. The summed E-state index contributed by atoms with van der Waals surface area (Å²) in [6, 6.07) is 7.12. The first-order valence-corrected chi connectivity index (χ1v) is 8.06. The van der Waals surface area contributed by atoms with Gasteiger partial charge in [-0.25, -0.2) is 0 Å². The monoisotopic (exact) mass is 331 g/mol. The number of nitrogens with zero attached hydrogens (tertiary/aromatic N) is 2. The topological polar surface area (TPSA) is 76.4 Å². The number of amides is 1. The second-order valence-electron chi connectivity index (χ2n) is 5.96. The van der Waals surface area contributed by atoms with Gasteiger partial charge in [0.2, 0.25) is 5.91 Å². The number of nitrogens with one attached hydrogen (secondary N) is 1. The van der Waals surface area contributed by atoms with Gasteiger partial charge < -0.3 is 15.2 Å². The predicted molar refractivity (Wildman–Crippen MR) is 93.2 cm³/mol. The van der Waals surface area contributed by atoms with Crippen LogP contribution in [0, 0.1) is 19.8 Å². The van der Waals surface area contributed by atoms with Gasteiger partial charge in [-0.2, -0.15) is 5.10 Å². The Morgan fingerprint density at radius 3 is 2.54 bits per heavy atom. The van der Waals surface area contributed by atoms with Crippen LogP contribution in [0.3, 0.4) is 0 Å². The predicted octanol–water partition coefficient (Wildman–Crippen LogP) is 2.23. The van der Waals surface area contributed by atoms with Crippen LogP contribution in [0.15, 0.2) is 24.3 Å². The Morgan fingerprint density at radius 1 is 1.33 bits per heavy atom. The van der Waals surface area contributed by atoms with Crippen LogP contribution in [0.2, 0.25) is 0 Å². The highest BCUT2D eigenvalue weighted by Crippen LogP contribution is 2.20. The summed E-state index contributed by atoms with van der Waals surface area (Å²) >= 11 is 0. The number of benzene rings is 1. The molecule has 24 heavy (non-hydrogen) atoms. The quantitative estimate of drug-likeness (QED) is 0.816. The van der Waals surface area contributed by atoms with E-state index in [1.165, 1.54) is 0 Å². The van der Waals surface area contributed by atoms with Crippen LogP contribution in [-0.4, -0.2) is 34.0 Å². The second-order valence-corrected chi connectivity index (χ2v) is 5.96. The fraction of sp³-hybridized carbons (Fsp3) is 0.444. The van der Waals surface area contributed by atoms with Crippen molar-refractivity contribution in [3.05, 3.63) is 41.2 Å². The summed E-state index contributed by atoms with van der Waals surface area (Å²) in [5, 5.41) is 16.1. The molecule has 0 spiro atoms. The summed E-state index contributed by atoms with van der Waals surface area (Å²) < 4.78 is 7.15. The molecule has 0 aliphatic rings. The van der Waals surface area contributed by atoms with Crippen LogP contribution in [0.4, 0.5) is 5.69 Å². The van der Waals surface area contributed by atoms with Crippen LogP contribution in [0.1, 0.15) is 23.9 Å². The molecular weight excluding hydrogens is 306 g/mol. The molecule has 2 aromatic rings. The van der Waals surface area contributed by atoms with Crippen LogP contribution < -0.4 is 10.1 Å². The molecule has 0 saturated carbocycles. The standard InChI is InChI=1S/C18H25N3O3/c1-12(11-17-13(2)20-21(4)14(17)3)18(23)19-15-5-7-16(8-6-15)24-10-9-22/h5-8,12,22H,9-11H2,1-4H3,(H,19,23). The Labute approximate surface area is 142 Å². The molecule has 1 atom stereocenters. The number of anilines is 1. The molecule has 6 heteroatoms. The molecule has 0 saturated heterocycles. The van der Waals surface area contributed by atoms with Crippen LogP contribution >= 0.6 is 0 Å². The molecule has 1 unspecified atom stereocenters. The van der Waals surface area contributed by atoms with E-state index in [2.05, 4.69) is 10.4 Å². The van der Waals surface area contributed by atoms with E-state index in [0.717, 1.165) is 22.6 Å². The molecule has 1 heterocycles. The van der Waals surface area contributed by atoms with Gasteiger partial charge in [0.15, 0.2) is 0 Å². The van der Waals surface area contributed by atoms with Gasteiger partial charge in [-0.15, -0.1) is 0 Å². The Bertz CT molecular complexity index is 692. The number of aliphatic hydroxyl groups is 1. The highest BCUT2D eigenvalue weighted by Gasteiger charge is 2.18. The average molecular weight is 331 g/mol. The fourth-order valence-electron chi connectivity index (χ4n) is 2.58. The summed E-state index contributed by atoms with van der Waals surface area (Å²) in [5.41, 5.74) is 3.92. The Morgan fingerprint density at radius 2 is 2.00 bits per heavy atom. The lowest BCUT2D eigenvalue weighted by Crippen LogP contribution is -2.22. The maximum absolute atomic E-state index is 12.4. The minimum absolute atomic E-state index is 0.0246. The van der Waals surface area contributed by atoms with Gasteiger partial charge in [-0.1, -0.05) is 6.92 Å². The lowest BCUT2D eigenvalue weighted by atomic mass is 9.99. The zero-order valence-corrected chi connectivity index (χ0v) is 14.7. The third-order valence-electron chi connectivity index (χ3n) is 4.10. The molecule has 6 nitrogen and oxygen atoms in total. The second kappa shape index (κ2) is 7.97. The number of aryl methyl sites for hydroxylation is 2. The van der Waals surface area contributed by atoms with Gasteiger partial charge in [-0.05, 0) is 50.1 Å². The summed E-state index contributed by atoms with van der Waals surface area (Å²) in [4.78, 5) is 12.4. The molecule has 2 rings (SSSR count). The average Bonchev–Trinajstić information content (AvgIpc) is 2.80. The number of aromatic nitrogens is 2. The highest BCUT2D eigenvalue weighted by atomic mass is 16.5. The highest BCUT2D eigenvalue weighted by molar-refractivity contribution is 5.92. The first-order chi connectivity index (χ1) is 11.4. The smallest absolute Gasteiger partial charge is 0.227 e. The third kappa shape index (κ3) is 4.35. The largest absolute Gasteiger partial charge is 0.491 e. The van der Waals surface area contributed by atoms with Gasteiger partial charge in [0.1, 0.15) is 12.4 Å². The Balaban J connectivity index is 1.96. The number of hydrogen-bond donors (Lipinski definition) is 2. The molecule has 1 amide bonds. The maximum atomic E-state index is 12.4. The number of ether oxygens (including phenoxy) is 1. The van der Waals surface area contributed by atoms with Crippen molar-refractivity contribution in [1.82, 2.24) is 9.78 Å². The summed E-state index contributed by atoms with van der Waals surface area (Å²) in [6.45, 7) is 6.14. The summed E-state index contributed by atoms with van der Waals surface area (Å²) in [5.74, 6) is 0.482. The van der Waals surface area contributed by atoms with Crippen molar-refractivity contribution in [2.75, 3.05) is 18.5 Å². The molecule has 1 aromatic carbocycles. The van der Waals surface area contributed by atoms with Gasteiger partial charge in [0.05, 0.1) is 12.3 Å². The van der Waals surface area contributed by atoms with Gasteiger partial charge >= 0.3 is 0 Å². The minimum atomic E-state index is -0.156. The Kier molecular flexibility index (Phi) is 5.98. The van der Waals surface area contributed by atoms with Crippen LogP contribution in [0.5, 0.6) is 5.75 Å². The number of aliphatic hydroxyl groups excluding tert-OH is 1. The van der Waals surface area contributed by atoms with Gasteiger partial charge in [0.25, 0.3) is 0 Å². The van der Waals surface area contributed by atoms with Crippen molar-refractivity contribution in [3.8, 4) is 5.75 Å². The number of rotatable bonds is 7. The van der Waals surface area contributed by atoms with Crippen molar-refractivity contribution in [3.63, 3.8) is 0 Å². The zero-order chi connectivity index (χ0) is 17.7. The molecule has 0 aliphatic heterocycles. The number of carbonyl (C=O) groups is 1. The SMILES string of the molecule is Cc1nn(C)c(C)c1CC(C)C(=O)Nc1ccc(OCCO)cc1.